The summed E-state index contributed by atoms with van der Waals surface area (Å²) in [5.74, 6) is 0.637. The zero-order chi connectivity index (χ0) is 12.8. The predicted octanol–water partition coefficient (Wildman–Crippen LogP) is 3.62. The van der Waals surface area contributed by atoms with Crippen LogP contribution in [0.25, 0.3) is 0 Å². The molecular formula is C15H22N2. The molecule has 0 spiro atoms. The van der Waals surface area contributed by atoms with E-state index in [0.29, 0.717) is 12.0 Å². The van der Waals surface area contributed by atoms with Gasteiger partial charge in [0.2, 0.25) is 0 Å². The fraction of sp³-hybridized carbons (Fsp3) is 0.533. The second-order valence-corrected chi connectivity index (χ2v) is 4.98. The topological polar surface area (TPSA) is 35.8 Å². The highest BCUT2D eigenvalue weighted by Gasteiger charge is 2.07. The molecule has 0 unspecified atom stereocenters. The van der Waals surface area contributed by atoms with Gasteiger partial charge in [0.05, 0.1) is 12.0 Å². The van der Waals surface area contributed by atoms with E-state index in [2.05, 4.69) is 56.4 Å². The Kier molecular flexibility index (Phi) is 5.18. The van der Waals surface area contributed by atoms with Gasteiger partial charge in [-0.15, -0.1) is 0 Å². The summed E-state index contributed by atoms with van der Waals surface area (Å²) in [7, 11) is 0. The second-order valence-electron chi connectivity index (χ2n) is 4.98. The maximum Gasteiger partial charge on any atom is 0.0666 e. The molecule has 2 nitrogen and oxygen atoms in total. The molecule has 2 atom stereocenters. The molecule has 0 aliphatic rings. The minimum atomic E-state index is 0.0624. The second kappa shape index (κ2) is 6.42. The first-order valence-corrected chi connectivity index (χ1v) is 6.27. The minimum Gasteiger partial charge on any atom is -0.309 e. The third-order valence-corrected chi connectivity index (χ3v) is 3.05. The molecule has 1 N–H and O–H groups in total. The lowest BCUT2D eigenvalue weighted by Gasteiger charge is -2.16. The summed E-state index contributed by atoms with van der Waals surface area (Å²) in [5.41, 5.74) is 2.64. The van der Waals surface area contributed by atoms with Gasteiger partial charge in [-0.05, 0) is 30.9 Å². The maximum atomic E-state index is 8.73. The molecule has 0 aliphatic carbocycles. The zero-order valence-corrected chi connectivity index (χ0v) is 11.2. The molecular weight excluding hydrogens is 208 g/mol. The van der Waals surface area contributed by atoms with Crippen molar-refractivity contribution in [1.82, 2.24) is 5.32 Å². The number of hydrogen-bond donors (Lipinski definition) is 1. The number of nitrogens with one attached hydrogen (secondary N) is 1. The summed E-state index contributed by atoms with van der Waals surface area (Å²) in [6.45, 7) is 9.20. The third-order valence-electron chi connectivity index (χ3n) is 3.05. The van der Waals surface area contributed by atoms with Gasteiger partial charge in [0.1, 0.15) is 0 Å². The minimum absolute atomic E-state index is 0.0624. The molecule has 0 aliphatic heterocycles. The Morgan fingerprint density at radius 2 is 1.59 bits per heavy atom. The van der Waals surface area contributed by atoms with Crippen LogP contribution in [0.15, 0.2) is 24.3 Å². The van der Waals surface area contributed by atoms with E-state index in [1.807, 2.05) is 6.92 Å². The fourth-order valence-corrected chi connectivity index (χ4v) is 1.69. The maximum absolute atomic E-state index is 8.73. The number of hydrogen-bond acceptors (Lipinski definition) is 2. The van der Waals surface area contributed by atoms with Gasteiger partial charge in [-0.3, -0.25) is 0 Å². The highest BCUT2D eigenvalue weighted by molar-refractivity contribution is 5.26. The smallest absolute Gasteiger partial charge is 0.0666 e. The Hall–Kier alpha value is -1.33. The number of benzene rings is 1. The van der Waals surface area contributed by atoms with Crippen molar-refractivity contribution in [1.29, 1.82) is 5.26 Å². The lowest BCUT2D eigenvalue weighted by molar-refractivity contribution is 0.527. The van der Waals surface area contributed by atoms with Crippen LogP contribution in [0.4, 0.5) is 0 Å². The van der Waals surface area contributed by atoms with E-state index < -0.39 is 0 Å². The van der Waals surface area contributed by atoms with Crippen molar-refractivity contribution in [2.45, 2.75) is 39.7 Å². The molecule has 0 aromatic heterocycles. The molecule has 17 heavy (non-hydrogen) atoms. The van der Waals surface area contributed by atoms with Gasteiger partial charge >= 0.3 is 0 Å². The zero-order valence-electron chi connectivity index (χ0n) is 11.2. The fourth-order valence-electron chi connectivity index (χ4n) is 1.69. The van der Waals surface area contributed by atoms with E-state index in [-0.39, 0.29) is 5.92 Å². The lowest BCUT2D eigenvalue weighted by atomic mass is 9.99. The average molecular weight is 230 g/mol. The Labute approximate surface area is 105 Å². The Morgan fingerprint density at radius 3 is 2.06 bits per heavy atom. The number of nitriles is 1. The Morgan fingerprint density at radius 1 is 1.06 bits per heavy atom. The molecule has 0 amide bonds. The van der Waals surface area contributed by atoms with Crippen molar-refractivity contribution in [2.75, 3.05) is 6.54 Å². The van der Waals surface area contributed by atoms with Crippen LogP contribution >= 0.6 is 0 Å². The van der Waals surface area contributed by atoms with Crippen molar-refractivity contribution in [3.8, 4) is 6.07 Å². The van der Waals surface area contributed by atoms with Gasteiger partial charge in [0.15, 0.2) is 0 Å². The van der Waals surface area contributed by atoms with Crippen LogP contribution in [0, 0.1) is 17.2 Å². The van der Waals surface area contributed by atoms with Crippen molar-refractivity contribution in [3.05, 3.63) is 35.4 Å². The van der Waals surface area contributed by atoms with Crippen LogP contribution in [0.3, 0.4) is 0 Å². The van der Waals surface area contributed by atoms with Gasteiger partial charge in [-0.1, -0.05) is 38.1 Å². The normalized spacial score (nSPS) is 14.4. The van der Waals surface area contributed by atoms with Crippen LogP contribution in [-0.2, 0) is 0 Å². The SMILES string of the molecule is CC(C)c1ccc([C@H](C)NC[C@@H](C)C#N)cc1. The van der Waals surface area contributed by atoms with E-state index in [1.54, 1.807) is 0 Å². The average Bonchev–Trinajstić information content (AvgIpc) is 2.35. The first kappa shape index (κ1) is 13.7. The van der Waals surface area contributed by atoms with Crippen LogP contribution in [0.5, 0.6) is 0 Å². The molecule has 0 saturated carbocycles. The summed E-state index contributed by atoms with van der Waals surface area (Å²) in [6.07, 6.45) is 0. The highest BCUT2D eigenvalue weighted by Crippen LogP contribution is 2.18. The van der Waals surface area contributed by atoms with E-state index in [0.717, 1.165) is 6.54 Å². The monoisotopic (exact) mass is 230 g/mol. The first-order chi connectivity index (χ1) is 8.04. The molecule has 1 aromatic rings. The molecule has 0 fully saturated rings. The third kappa shape index (κ3) is 4.20. The van der Waals surface area contributed by atoms with Gasteiger partial charge in [0.25, 0.3) is 0 Å². The van der Waals surface area contributed by atoms with Crippen molar-refractivity contribution >= 4 is 0 Å². The number of rotatable bonds is 5. The Bertz CT molecular complexity index is 373. The van der Waals surface area contributed by atoms with Crippen molar-refractivity contribution in [2.24, 2.45) is 5.92 Å². The van der Waals surface area contributed by atoms with Gasteiger partial charge in [-0.25, -0.2) is 0 Å². The van der Waals surface area contributed by atoms with E-state index in [9.17, 15) is 0 Å². The van der Waals surface area contributed by atoms with E-state index in [1.165, 1.54) is 11.1 Å². The van der Waals surface area contributed by atoms with Crippen LogP contribution in [0.2, 0.25) is 0 Å². The van der Waals surface area contributed by atoms with Gasteiger partial charge in [-0.2, -0.15) is 5.26 Å². The van der Waals surface area contributed by atoms with Crippen molar-refractivity contribution in [3.63, 3.8) is 0 Å². The molecule has 0 bridgehead atoms. The molecule has 0 saturated heterocycles. The summed E-state index contributed by atoms with van der Waals surface area (Å²) in [4.78, 5) is 0. The largest absolute Gasteiger partial charge is 0.309 e. The molecule has 92 valence electrons. The summed E-state index contributed by atoms with van der Waals surface area (Å²) < 4.78 is 0. The predicted molar refractivity (Wildman–Crippen MR) is 71.7 cm³/mol. The molecule has 2 heteroatoms. The lowest BCUT2D eigenvalue weighted by Crippen LogP contribution is -2.23. The molecule has 0 radical (unpaired) electrons. The summed E-state index contributed by atoms with van der Waals surface area (Å²) >= 11 is 0. The summed E-state index contributed by atoms with van der Waals surface area (Å²) in [6, 6.07) is 11.2. The van der Waals surface area contributed by atoms with Crippen molar-refractivity contribution < 1.29 is 0 Å². The van der Waals surface area contributed by atoms with Gasteiger partial charge in [0, 0.05) is 12.6 Å². The van der Waals surface area contributed by atoms with Crippen LogP contribution in [-0.4, -0.2) is 6.54 Å². The molecule has 1 aromatic carbocycles. The van der Waals surface area contributed by atoms with Gasteiger partial charge < -0.3 is 5.32 Å². The highest BCUT2D eigenvalue weighted by atomic mass is 14.9. The molecule has 0 heterocycles. The van der Waals surface area contributed by atoms with E-state index in [4.69, 9.17) is 5.26 Å². The number of nitrogens with zero attached hydrogens (tertiary/aromatic N) is 1. The Balaban J connectivity index is 2.58. The molecule has 1 rings (SSSR count). The van der Waals surface area contributed by atoms with Crippen LogP contribution in [0.1, 0.15) is 50.8 Å². The van der Waals surface area contributed by atoms with E-state index >= 15 is 0 Å². The standard InChI is InChI=1S/C15H22N2/c1-11(2)14-5-7-15(8-6-14)13(4)17-10-12(3)9-16/h5-8,11-13,17H,10H2,1-4H3/t12-,13-/m0/s1. The quantitative estimate of drug-likeness (QED) is 0.838. The summed E-state index contributed by atoms with van der Waals surface area (Å²) in [5, 5.41) is 12.1. The first-order valence-electron chi connectivity index (χ1n) is 6.27. The van der Waals surface area contributed by atoms with Crippen LogP contribution < -0.4 is 5.32 Å².